The van der Waals surface area contributed by atoms with Crippen molar-refractivity contribution in [2.24, 2.45) is 17.6 Å². The maximum absolute atomic E-state index is 12.4. The van der Waals surface area contributed by atoms with Crippen molar-refractivity contribution in [3.8, 4) is 0 Å². The second kappa shape index (κ2) is 6.71. The lowest BCUT2D eigenvalue weighted by atomic mass is 10.0. The zero-order valence-corrected chi connectivity index (χ0v) is 12.3. The van der Waals surface area contributed by atoms with Crippen LogP contribution in [0.15, 0.2) is 0 Å². The molecule has 2 rings (SSSR count). The van der Waals surface area contributed by atoms with Gasteiger partial charge in [-0.2, -0.15) is 0 Å². The van der Waals surface area contributed by atoms with E-state index < -0.39 is 0 Å². The van der Waals surface area contributed by atoms with E-state index in [9.17, 15) is 4.79 Å². The number of ether oxygens (including phenoxy) is 1. The molecule has 0 spiro atoms. The molecule has 3 atom stereocenters. The zero-order chi connectivity index (χ0) is 13.8. The van der Waals surface area contributed by atoms with Gasteiger partial charge in [0.2, 0.25) is 5.91 Å². The van der Waals surface area contributed by atoms with Gasteiger partial charge in [0.1, 0.15) is 0 Å². The van der Waals surface area contributed by atoms with Crippen molar-refractivity contribution < 1.29 is 9.53 Å². The molecule has 19 heavy (non-hydrogen) atoms. The molecule has 4 nitrogen and oxygen atoms in total. The largest absolute Gasteiger partial charge is 0.376 e. The number of carbonyl (C=O) groups is 1. The lowest BCUT2D eigenvalue weighted by molar-refractivity contribution is -0.135. The molecule has 1 aliphatic carbocycles. The van der Waals surface area contributed by atoms with Crippen LogP contribution in [0.25, 0.3) is 0 Å². The van der Waals surface area contributed by atoms with Crippen LogP contribution in [0.1, 0.15) is 46.0 Å². The Labute approximate surface area is 116 Å². The normalized spacial score (nSPS) is 31.4. The van der Waals surface area contributed by atoms with E-state index in [-0.39, 0.29) is 24.0 Å². The number of nitrogens with two attached hydrogens (primary N) is 1. The van der Waals surface area contributed by atoms with Crippen LogP contribution in [0.2, 0.25) is 0 Å². The molecular weight excluding hydrogens is 240 g/mol. The van der Waals surface area contributed by atoms with Crippen LogP contribution >= 0.6 is 0 Å². The average Bonchev–Trinajstić information content (AvgIpc) is 2.97. The van der Waals surface area contributed by atoms with Gasteiger partial charge in [-0.25, -0.2) is 0 Å². The fourth-order valence-electron chi connectivity index (χ4n) is 3.06. The maximum Gasteiger partial charge on any atom is 0.227 e. The molecule has 1 saturated heterocycles. The zero-order valence-electron chi connectivity index (χ0n) is 12.3. The Morgan fingerprint density at radius 2 is 2.16 bits per heavy atom. The summed E-state index contributed by atoms with van der Waals surface area (Å²) in [5.74, 6) is 1.00. The molecule has 110 valence electrons. The molecule has 2 aliphatic rings. The summed E-state index contributed by atoms with van der Waals surface area (Å²) in [5, 5.41) is 0. The Bertz CT molecular complexity index is 307. The van der Waals surface area contributed by atoms with Crippen LogP contribution in [0.3, 0.4) is 0 Å². The van der Waals surface area contributed by atoms with Crippen molar-refractivity contribution in [2.75, 3.05) is 19.7 Å². The molecule has 0 radical (unpaired) electrons. The highest BCUT2D eigenvalue weighted by Crippen LogP contribution is 2.27. The summed E-state index contributed by atoms with van der Waals surface area (Å²) >= 11 is 0. The number of likely N-dealkylation sites (tertiary alicyclic amines) is 1. The predicted octanol–water partition coefficient (Wildman–Crippen LogP) is 1.78. The molecule has 1 aliphatic heterocycles. The second-order valence-corrected chi connectivity index (χ2v) is 6.45. The monoisotopic (exact) mass is 268 g/mol. The number of hydrogen-bond acceptors (Lipinski definition) is 3. The van der Waals surface area contributed by atoms with Gasteiger partial charge in [0.05, 0.1) is 12.0 Å². The first kappa shape index (κ1) is 14.8. The third kappa shape index (κ3) is 3.93. The van der Waals surface area contributed by atoms with E-state index in [1.54, 1.807) is 0 Å². The molecule has 4 heteroatoms. The molecule has 0 aromatic rings. The summed E-state index contributed by atoms with van der Waals surface area (Å²) in [6, 6.07) is 0.0772. The Balaban J connectivity index is 1.73. The van der Waals surface area contributed by atoms with Crippen LogP contribution in [0.5, 0.6) is 0 Å². The number of amides is 1. The van der Waals surface area contributed by atoms with Crippen molar-refractivity contribution >= 4 is 5.91 Å². The van der Waals surface area contributed by atoms with Crippen molar-refractivity contribution in [1.82, 2.24) is 4.90 Å². The molecule has 1 amide bonds. The van der Waals surface area contributed by atoms with Crippen molar-refractivity contribution in [3.63, 3.8) is 0 Å². The van der Waals surface area contributed by atoms with E-state index in [1.807, 2.05) is 4.90 Å². The summed E-state index contributed by atoms with van der Waals surface area (Å²) in [5.41, 5.74) is 6.02. The van der Waals surface area contributed by atoms with Crippen LogP contribution in [-0.2, 0) is 9.53 Å². The molecule has 1 saturated carbocycles. The minimum Gasteiger partial charge on any atom is -0.376 e. The third-order valence-electron chi connectivity index (χ3n) is 4.39. The van der Waals surface area contributed by atoms with Crippen molar-refractivity contribution in [2.45, 2.75) is 58.1 Å². The van der Waals surface area contributed by atoms with Gasteiger partial charge in [0.25, 0.3) is 0 Å². The molecular formula is C15H28N2O2. The van der Waals surface area contributed by atoms with Gasteiger partial charge < -0.3 is 15.4 Å². The van der Waals surface area contributed by atoms with E-state index in [0.717, 1.165) is 51.8 Å². The predicted molar refractivity (Wildman–Crippen MR) is 75.7 cm³/mol. The van der Waals surface area contributed by atoms with E-state index in [1.165, 1.54) is 0 Å². The van der Waals surface area contributed by atoms with Crippen LogP contribution in [0.4, 0.5) is 0 Å². The summed E-state index contributed by atoms with van der Waals surface area (Å²) < 4.78 is 5.86. The molecule has 2 N–H and O–H groups in total. The minimum atomic E-state index is 0.0643. The fourth-order valence-corrected chi connectivity index (χ4v) is 3.06. The van der Waals surface area contributed by atoms with Gasteiger partial charge in [-0.05, 0) is 31.6 Å². The van der Waals surface area contributed by atoms with E-state index in [2.05, 4.69) is 13.8 Å². The number of hydrogen-bond donors (Lipinski definition) is 1. The summed E-state index contributed by atoms with van der Waals surface area (Å²) in [6.07, 6.45) is 5.37. The summed E-state index contributed by atoms with van der Waals surface area (Å²) in [7, 11) is 0. The minimum absolute atomic E-state index is 0.0643. The standard InChI is InChI=1S/C15H28N2O2/c1-11(2)7-9-19-12-6-8-17(10-12)15(18)13-4-3-5-14(13)16/h11-14H,3-10,16H2,1-2H3/t12-,13-,14-/m1/s1. The van der Waals surface area contributed by atoms with Gasteiger partial charge in [0, 0.05) is 25.7 Å². The topological polar surface area (TPSA) is 55.6 Å². The average molecular weight is 268 g/mol. The molecule has 0 bridgehead atoms. The molecule has 1 heterocycles. The highest BCUT2D eigenvalue weighted by atomic mass is 16.5. The first-order valence-electron chi connectivity index (χ1n) is 7.74. The summed E-state index contributed by atoms with van der Waals surface area (Å²) in [4.78, 5) is 14.3. The van der Waals surface area contributed by atoms with Crippen LogP contribution in [0, 0.1) is 11.8 Å². The Morgan fingerprint density at radius 1 is 1.37 bits per heavy atom. The fraction of sp³-hybridized carbons (Fsp3) is 0.933. The highest BCUT2D eigenvalue weighted by Gasteiger charge is 2.36. The third-order valence-corrected chi connectivity index (χ3v) is 4.39. The SMILES string of the molecule is CC(C)CCO[C@@H]1CCN(C(=O)[C@@H]2CCC[C@H]2N)C1. The number of carbonyl (C=O) groups excluding carboxylic acids is 1. The highest BCUT2D eigenvalue weighted by molar-refractivity contribution is 5.80. The number of nitrogens with zero attached hydrogens (tertiary/aromatic N) is 1. The molecule has 2 fully saturated rings. The Kier molecular flexibility index (Phi) is 5.22. The second-order valence-electron chi connectivity index (χ2n) is 6.45. The molecule has 0 aromatic heterocycles. The molecule has 0 unspecified atom stereocenters. The van der Waals surface area contributed by atoms with E-state index in [4.69, 9.17) is 10.5 Å². The lowest BCUT2D eigenvalue weighted by Gasteiger charge is -2.23. The first-order valence-corrected chi connectivity index (χ1v) is 7.74. The van der Waals surface area contributed by atoms with E-state index >= 15 is 0 Å². The van der Waals surface area contributed by atoms with Gasteiger partial charge in [-0.1, -0.05) is 20.3 Å². The first-order chi connectivity index (χ1) is 9.08. The number of rotatable bonds is 5. The van der Waals surface area contributed by atoms with Gasteiger partial charge in [-0.15, -0.1) is 0 Å². The Morgan fingerprint density at radius 3 is 2.79 bits per heavy atom. The molecule has 0 aromatic carbocycles. The Hall–Kier alpha value is -0.610. The van der Waals surface area contributed by atoms with Gasteiger partial charge in [-0.3, -0.25) is 4.79 Å². The van der Waals surface area contributed by atoms with Gasteiger partial charge >= 0.3 is 0 Å². The maximum atomic E-state index is 12.4. The quantitative estimate of drug-likeness (QED) is 0.827. The van der Waals surface area contributed by atoms with E-state index in [0.29, 0.717) is 5.92 Å². The van der Waals surface area contributed by atoms with Crippen molar-refractivity contribution in [3.05, 3.63) is 0 Å². The summed E-state index contributed by atoms with van der Waals surface area (Å²) in [6.45, 7) is 6.83. The van der Waals surface area contributed by atoms with Gasteiger partial charge in [0.15, 0.2) is 0 Å². The smallest absolute Gasteiger partial charge is 0.227 e. The van der Waals surface area contributed by atoms with Crippen LogP contribution < -0.4 is 5.73 Å². The lowest BCUT2D eigenvalue weighted by Crippen LogP contribution is -2.41. The van der Waals surface area contributed by atoms with Crippen LogP contribution in [-0.4, -0.2) is 42.6 Å². The van der Waals surface area contributed by atoms with Crippen molar-refractivity contribution in [1.29, 1.82) is 0 Å².